The summed E-state index contributed by atoms with van der Waals surface area (Å²) in [5.41, 5.74) is 1.43. The molecule has 1 aliphatic heterocycles. The monoisotopic (exact) mass is 328 g/mol. The molecule has 23 heavy (non-hydrogen) atoms. The van der Waals surface area contributed by atoms with Gasteiger partial charge in [0.05, 0.1) is 12.0 Å². The lowest BCUT2D eigenvalue weighted by Crippen LogP contribution is -2.46. The molecular formula is C18H20N2O2S. The first kappa shape index (κ1) is 15.7. The predicted molar refractivity (Wildman–Crippen MR) is 91.6 cm³/mol. The number of benzene rings is 1. The molecule has 0 aliphatic carbocycles. The van der Waals surface area contributed by atoms with Crippen molar-refractivity contribution in [2.45, 2.75) is 31.8 Å². The van der Waals surface area contributed by atoms with Gasteiger partial charge in [-0.1, -0.05) is 24.3 Å². The second kappa shape index (κ2) is 6.16. The number of fused-ring (bicyclic) bond motifs is 1. The Bertz CT molecular complexity index is 724. The molecule has 2 amide bonds. The Kier molecular flexibility index (Phi) is 4.22. The van der Waals surface area contributed by atoms with Gasteiger partial charge in [-0.2, -0.15) is 0 Å². The average molecular weight is 328 g/mol. The molecule has 1 aliphatic rings. The van der Waals surface area contributed by atoms with Crippen molar-refractivity contribution in [2.24, 2.45) is 0 Å². The second-order valence-electron chi connectivity index (χ2n) is 6.10. The number of hydrogen-bond acceptors (Lipinski definition) is 3. The standard InChI is InChI=1S/C18H20N2O2S/c1-11(2)19-17(21)15-12-7-4-5-8-13(12)18(22)20(3)16(15)14-9-6-10-23-14/h4-11,15-16H,1-3H3,(H,19,21). The minimum Gasteiger partial charge on any atom is -0.353 e. The second-order valence-corrected chi connectivity index (χ2v) is 7.08. The normalized spacial score (nSPS) is 20.5. The highest BCUT2D eigenvalue weighted by Gasteiger charge is 2.42. The maximum atomic E-state index is 12.9. The lowest BCUT2D eigenvalue weighted by atomic mass is 9.81. The fourth-order valence-corrected chi connectivity index (χ4v) is 4.05. The summed E-state index contributed by atoms with van der Waals surface area (Å²) in [6.07, 6.45) is 0. The number of hydrogen-bond donors (Lipinski definition) is 1. The number of nitrogens with one attached hydrogen (secondary N) is 1. The molecule has 0 saturated heterocycles. The van der Waals surface area contributed by atoms with Crippen molar-refractivity contribution in [1.29, 1.82) is 0 Å². The summed E-state index contributed by atoms with van der Waals surface area (Å²) < 4.78 is 0. The molecule has 3 rings (SSSR count). The minimum atomic E-state index is -0.394. The van der Waals surface area contributed by atoms with Crippen molar-refractivity contribution in [3.8, 4) is 0 Å². The minimum absolute atomic E-state index is 0.0346. The molecule has 4 nitrogen and oxygen atoms in total. The van der Waals surface area contributed by atoms with Crippen molar-refractivity contribution in [3.63, 3.8) is 0 Å². The molecule has 5 heteroatoms. The van der Waals surface area contributed by atoms with Crippen LogP contribution in [-0.4, -0.2) is 29.8 Å². The maximum Gasteiger partial charge on any atom is 0.254 e. The zero-order chi connectivity index (χ0) is 16.6. The molecule has 1 N–H and O–H groups in total. The first-order valence-corrected chi connectivity index (χ1v) is 8.58. The van der Waals surface area contributed by atoms with Crippen molar-refractivity contribution < 1.29 is 9.59 Å². The van der Waals surface area contributed by atoms with Gasteiger partial charge in [-0.05, 0) is 36.9 Å². The molecule has 120 valence electrons. The number of nitrogens with zero attached hydrogens (tertiary/aromatic N) is 1. The zero-order valence-corrected chi connectivity index (χ0v) is 14.3. The third-order valence-electron chi connectivity index (χ3n) is 4.13. The van der Waals surface area contributed by atoms with E-state index in [1.165, 1.54) is 0 Å². The number of carbonyl (C=O) groups excluding carboxylic acids is 2. The van der Waals surface area contributed by atoms with Crippen molar-refractivity contribution in [2.75, 3.05) is 7.05 Å². The van der Waals surface area contributed by atoms with E-state index >= 15 is 0 Å². The van der Waals surface area contributed by atoms with Crippen LogP contribution < -0.4 is 5.32 Å². The molecule has 0 spiro atoms. The third-order valence-corrected chi connectivity index (χ3v) is 5.07. The van der Waals surface area contributed by atoms with Gasteiger partial charge in [0.25, 0.3) is 5.91 Å². The van der Waals surface area contributed by atoms with Gasteiger partial charge in [-0.25, -0.2) is 0 Å². The molecule has 0 bridgehead atoms. The van der Waals surface area contributed by atoms with Crippen LogP contribution in [-0.2, 0) is 4.79 Å². The molecule has 2 atom stereocenters. The summed E-state index contributed by atoms with van der Waals surface area (Å²) in [4.78, 5) is 28.3. The van der Waals surface area contributed by atoms with E-state index < -0.39 is 5.92 Å². The zero-order valence-electron chi connectivity index (χ0n) is 13.4. The Morgan fingerprint density at radius 2 is 1.96 bits per heavy atom. The molecule has 0 radical (unpaired) electrons. The fraction of sp³-hybridized carbons (Fsp3) is 0.333. The van der Waals surface area contributed by atoms with Crippen LogP contribution in [0.15, 0.2) is 41.8 Å². The first-order valence-electron chi connectivity index (χ1n) is 7.70. The molecular weight excluding hydrogens is 308 g/mol. The van der Waals surface area contributed by atoms with Crippen LogP contribution in [0.1, 0.15) is 46.6 Å². The molecule has 1 aromatic carbocycles. The maximum absolute atomic E-state index is 12.9. The predicted octanol–water partition coefficient (Wildman–Crippen LogP) is 3.18. The van der Waals surface area contributed by atoms with Gasteiger partial charge in [-0.15, -0.1) is 11.3 Å². The van der Waals surface area contributed by atoms with Crippen LogP contribution in [0.3, 0.4) is 0 Å². The van der Waals surface area contributed by atoms with Gasteiger partial charge in [-0.3, -0.25) is 9.59 Å². The Hall–Kier alpha value is -2.14. The third kappa shape index (κ3) is 2.77. The van der Waals surface area contributed by atoms with E-state index in [1.54, 1.807) is 29.4 Å². The summed E-state index contributed by atoms with van der Waals surface area (Å²) in [7, 11) is 1.78. The van der Waals surface area contributed by atoms with E-state index in [9.17, 15) is 9.59 Å². The Labute approximate surface area is 140 Å². The number of amides is 2. The SMILES string of the molecule is CC(C)NC(=O)C1c2ccccc2C(=O)N(C)C1c1cccs1. The van der Waals surface area contributed by atoms with Crippen LogP contribution in [0.25, 0.3) is 0 Å². The topological polar surface area (TPSA) is 49.4 Å². The summed E-state index contributed by atoms with van der Waals surface area (Å²) in [6, 6.07) is 11.2. The van der Waals surface area contributed by atoms with E-state index in [4.69, 9.17) is 0 Å². The van der Waals surface area contributed by atoms with E-state index in [0.29, 0.717) is 5.56 Å². The summed E-state index contributed by atoms with van der Waals surface area (Å²) in [5, 5.41) is 4.99. The van der Waals surface area contributed by atoms with E-state index in [-0.39, 0.29) is 23.9 Å². The van der Waals surface area contributed by atoms with Crippen molar-refractivity contribution in [1.82, 2.24) is 10.2 Å². The van der Waals surface area contributed by atoms with E-state index in [0.717, 1.165) is 10.4 Å². The molecule has 2 unspecified atom stereocenters. The average Bonchev–Trinajstić information content (AvgIpc) is 3.03. The highest BCUT2D eigenvalue weighted by Crippen LogP contribution is 2.43. The largest absolute Gasteiger partial charge is 0.353 e. The number of rotatable bonds is 3. The highest BCUT2D eigenvalue weighted by molar-refractivity contribution is 7.10. The van der Waals surface area contributed by atoms with Gasteiger partial charge >= 0.3 is 0 Å². The van der Waals surface area contributed by atoms with Crippen LogP contribution in [0.2, 0.25) is 0 Å². The Morgan fingerprint density at radius 3 is 2.61 bits per heavy atom. The number of thiophene rings is 1. The highest BCUT2D eigenvalue weighted by atomic mass is 32.1. The van der Waals surface area contributed by atoms with Gasteiger partial charge in [0.15, 0.2) is 0 Å². The van der Waals surface area contributed by atoms with Crippen molar-refractivity contribution >= 4 is 23.2 Å². The first-order chi connectivity index (χ1) is 11.0. The lowest BCUT2D eigenvalue weighted by molar-refractivity contribution is -0.124. The lowest BCUT2D eigenvalue weighted by Gasteiger charge is -2.39. The van der Waals surface area contributed by atoms with Crippen LogP contribution in [0, 0.1) is 0 Å². The van der Waals surface area contributed by atoms with Gasteiger partial charge in [0.1, 0.15) is 0 Å². The van der Waals surface area contributed by atoms with Gasteiger partial charge in [0, 0.05) is 23.5 Å². The Balaban J connectivity index is 2.14. The number of carbonyl (C=O) groups is 2. The molecule has 2 heterocycles. The summed E-state index contributed by atoms with van der Waals surface area (Å²) in [6.45, 7) is 3.89. The van der Waals surface area contributed by atoms with Crippen LogP contribution in [0.5, 0.6) is 0 Å². The molecule has 0 saturated carbocycles. The molecule has 1 aromatic heterocycles. The van der Waals surface area contributed by atoms with E-state index in [2.05, 4.69) is 5.32 Å². The number of likely N-dealkylation sites (N-methyl/N-ethyl adjacent to an activating group) is 1. The molecule has 2 aromatic rings. The van der Waals surface area contributed by atoms with Crippen molar-refractivity contribution in [3.05, 3.63) is 57.8 Å². The van der Waals surface area contributed by atoms with Crippen LogP contribution >= 0.6 is 11.3 Å². The summed E-state index contributed by atoms with van der Waals surface area (Å²) >= 11 is 1.58. The van der Waals surface area contributed by atoms with Crippen LogP contribution in [0.4, 0.5) is 0 Å². The quantitative estimate of drug-likeness (QED) is 0.941. The fourth-order valence-electron chi connectivity index (χ4n) is 3.15. The Morgan fingerprint density at radius 1 is 1.22 bits per heavy atom. The smallest absolute Gasteiger partial charge is 0.254 e. The summed E-state index contributed by atoms with van der Waals surface area (Å²) in [5.74, 6) is -0.465. The van der Waals surface area contributed by atoms with E-state index in [1.807, 2.05) is 49.6 Å². The van der Waals surface area contributed by atoms with Gasteiger partial charge in [0.2, 0.25) is 5.91 Å². The van der Waals surface area contributed by atoms with Gasteiger partial charge < -0.3 is 10.2 Å². The molecule has 0 fully saturated rings.